The molecule has 84 valence electrons. The van der Waals surface area contributed by atoms with Gasteiger partial charge in [-0.15, -0.1) is 0 Å². The Balaban J connectivity index is 3.53. The first-order valence-electron chi connectivity index (χ1n) is 4.58. The average molecular weight is 220 g/mol. The molecule has 6 heteroatoms. The van der Waals surface area contributed by atoms with Crippen molar-refractivity contribution >= 4 is 17.7 Å². The lowest BCUT2D eigenvalue weighted by Crippen LogP contribution is -2.42. The van der Waals surface area contributed by atoms with E-state index < -0.39 is 0 Å². The van der Waals surface area contributed by atoms with Crippen molar-refractivity contribution in [1.29, 1.82) is 0 Å². The fourth-order valence-corrected chi connectivity index (χ4v) is 1.24. The van der Waals surface area contributed by atoms with Gasteiger partial charge in [-0.2, -0.15) is 11.8 Å². The number of guanidine groups is 1. The van der Waals surface area contributed by atoms with Crippen LogP contribution in [0, 0.1) is 0 Å². The molecular formula is C8H20N4OS. The third-order valence-corrected chi connectivity index (χ3v) is 2.21. The van der Waals surface area contributed by atoms with Gasteiger partial charge in [0.2, 0.25) is 5.96 Å². The van der Waals surface area contributed by atoms with Crippen molar-refractivity contribution in [2.45, 2.75) is 6.42 Å². The maximum absolute atomic E-state index is 5.28. The van der Waals surface area contributed by atoms with E-state index in [2.05, 4.69) is 22.0 Å². The van der Waals surface area contributed by atoms with Gasteiger partial charge in [0.1, 0.15) is 0 Å². The van der Waals surface area contributed by atoms with Gasteiger partial charge in [-0.05, 0) is 18.4 Å². The number of nitrogens with one attached hydrogen (secondary N) is 2. The minimum absolute atomic E-state index is 0.628. The molecule has 0 unspecified atom stereocenters. The Morgan fingerprint density at radius 3 is 2.93 bits per heavy atom. The van der Waals surface area contributed by atoms with Crippen molar-refractivity contribution in [2.75, 3.05) is 38.8 Å². The quantitative estimate of drug-likeness (QED) is 0.182. The molecule has 0 radical (unpaired) electrons. The van der Waals surface area contributed by atoms with Crippen LogP contribution in [0.25, 0.3) is 0 Å². The molecule has 0 aromatic heterocycles. The summed E-state index contributed by atoms with van der Waals surface area (Å²) in [7, 11) is 1.66. The number of ether oxygens (including phenoxy) is 1. The Hall–Kier alpha value is -0.460. The lowest BCUT2D eigenvalue weighted by Gasteiger charge is -2.08. The molecule has 0 heterocycles. The van der Waals surface area contributed by atoms with E-state index in [1.807, 2.05) is 11.8 Å². The Morgan fingerprint density at radius 2 is 2.36 bits per heavy atom. The second-order valence-corrected chi connectivity index (χ2v) is 3.63. The molecule has 5 nitrogen and oxygen atoms in total. The van der Waals surface area contributed by atoms with E-state index in [-0.39, 0.29) is 0 Å². The molecular weight excluding hydrogens is 200 g/mol. The summed E-state index contributed by atoms with van der Waals surface area (Å²) in [6.07, 6.45) is 3.15. The zero-order chi connectivity index (χ0) is 10.6. The predicted molar refractivity (Wildman–Crippen MR) is 62.5 cm³/mol. The molecule has 0 bridgehead atoms. The number of aliphatic imine (C=N–C) groups is 1. The molecule has 4 N–H and O–H groups in total. The standard InChI is InChI=1S/C8H20N4OS/c1-13-6-5-11-8(12-9)10-4-3-7-14-2/h3-7,9H2,1-2H3,(H2,10,11,12). The largest absolute Gasteiger partial charge is 0.383 e. The molecule has 0 aromatic carbocycles. The number of rotatable bonds is 7. The summed E-state index contributed by atoms with van der Waals surface area (Å²) in [5.74, 6) is 7.03. The van der Waals surface area contributed by atoms with E-state index in [1.165, 1.54) is 0 Å². The second-order valence-electron chi connectivity index (χ2n) is 2.64. The summed E-state index contributed by atoms with van der Waals surface area (Å²) in [5.41, 5.74) is 2.51. The Kier molecular flexibility index (Phi) is 10.3. The molecule has 0 aliphatic rings. The van der Waals surface area contributed by atoms with Gasteiger partial charge in [0.15, 0.2) is 0 Å². The molecule has 0 aromatic rings. The van der Waals surface area contributed by atoms with Crippen LogP contribution in [-0.2, 0) is 4.74 Å². The Bertz CT molecular complexity index is 154. The number of hydrogen-bond acceptors (Lipinski definition) is 4. The molecule has 0 atom stereocenters. The number of methoxy groups -OCH3 is 1. The molecule has 0 saturated heterocycles. The maximum atomic E-state index is 5.28. The van der Waals surface area contributed by atoms with Crippen LogP contribution < -0.4 is 16.6 Å². The number of thioether (sulfide) groups is 1. The van der Waals surface area contributed by atoms with Gasteiger partial charge < -0.3 is 10.1 Å². The van der Waals surface area contributed by atoms with Crippen LogP contribution in [0.5, 0.6) is 0 Å². The van der Waals surface area contributed by atoms with E-state index in [1.54, 1.807) is 7.11 Å². The van der Waals surface area contributed by atoms with Crippen LogP contribution in [0.3, 0.4) is 0 Å². The number of nitrogens with two attached hydrogens (primary N) is 1. The molecule has 0 amide bonds. The van der Waals surface area contributed by atoms with Gasteiger partial charge in [-0.1, -0.05) is 0 Å². The van der Waals surface area contributed by atoms with Crippen LogP contribution in [0.1, 0.15) is 6.42 Å². The van der Waals surface area contributed by atoms with Crippen molar-refractivity contribution in [2.24, 2.45) is 10.8 Å². The van der Waals surface area contributed by atoms with E-state index in [4.69, 9.17) is 10.6 Å². The van der Waals surface area contributed by atoms with Crippen LogP contribution in [-0.4, -0.2) is 44.8 Å². The fourth-order valence-electron chi connectivity index (χ4n) is 0.824. The highest BCUT2D eigenvalue weighted by Gasteiger charge is 1.93. The molecule has 0 rings (SSSR count). The number of hydrogen-bond donors (Lipinski definition) is 3. The van der Waals surface area contributed by atoms with E-state index >= 15 is 0 Å². The summed E-state index contributed by atoms with van der Waals surface area (Å²) in [6, 6.07) is 0. The average Bonchev–Trinajstić information content (AvgIpc) is 2.22. The van der Waals surface area contributed by atoms with Gasteiger partial charge in [0.05, 0.1) is 6.61 Å². The van der Waals surface area contributed by atoms with Crippen molar-refractivity contribution in [1.82, 2.24) is 10.7 Å². The second kappa shape index (κ2) is 10.6. The summed E-state index contributed by atoms with van der Waals surface area (Å²) in [4.78, 5) is 4.25. The highest BCUT2D eigenvalue weighted by molar-refractivity contribution is 7.98. The van der Waals surface area contributed by atoms with Crippen molar-refractivity contribution in [3.63, 3.8) is 0 Å². The van der Waals surface area contributed by atoms with Crippen molar-refractivity contribution < 1.29 is 4.74 Å². The van der Waals surface area contributed by atoms with Crippen molar-refractivity contribution in [3.8, 4) is 0 Å². The molecule has 0 fully saturated rings. The van der Waals surface area contributed by atoms with E-state index in [9.17, 15) is 0 Å². The van der Waals surface area contributed by atoms with E-state index in [0.717, 1.165) is 18.7 Å². The number of nitrogens with zero attached hydrogens (tertiary/aromatic N) is 1. The first-order valence-corrected chi connectivity index (χ1v) is 5.97. The minimum Gasteiger partial charge on any atom is -0.383 e. The number of hydrazine groups is 1. The normalized spacial score (nSPS) is 11.5. The maximum Gasteiger partial charge on any atom is 0.205 e. The lowest BCUT2D eigenvalue weighted by molar-refractivity contribution is 0.203. The minimum atomic E-state index is 0.628. The highest BCUT2D eigenvalue weighted by atomic mass is 32.2. The van der Waals surface area contributed by atoms with Crippen LogP contribution in [0.2, 0.25) is 0 Å². The zero-order valence-electron chi connectivity index (χ0n) is 8.88. The Labute approximate surface area is 89.8 Å². The molecule has 0 aliphatic heterocycles. The Morgan fingerprint density at radius 1 is 1.57 bits per heavy atom. The van der Waals surface area contributed by atoms with Gasteiger partial charge in [0, 0.05) is 20.2 Å². The lowest BCUT2D eigenvalue weighted by atomic mass is 10.5. The third kappa shape index (κ3) is 8.15. The molecule has 0 aliphatic carbocycles. The highest BCUT2D eigenvalue weighted by Crippen LogP contribution is 1.94. The van der Waals surface area contributed by atoms with E-state index in [0.29, 0.717) is 19.1 Å². The summed E-state index contributed by atoms with van der Waals surface area (Å²) in [5, 5.41) is 3.03. The third-order valence-electron chi connectivity index (χ3n) is 1.51. The monoisotopic (exact) mass is 220 g/mol. The summed E-state index contributed by atoms with van der Waals surface area (Å²) < 4.78 is 4.89. The summed E-state index contributed by atoms with van der Waals surface area (Å²) >= 11 is 1.82. The van der Waals surface area contributed by atoms with Gasteiger partial charge in [-0.3, -0.25) is 10.4 Å². The van der Waals surface area contributed by atoms with Gasteiger partial charge >= 0.3 is 0 Å². The molecule has 14 heavy (non-hydrogen) atoms. The van der Waals surface area contributed by atoms with Gasteiger partial charge in [-0.25, -0.2) is 5.84 Å². The first kappa shape index (κ1) is 13.5. The SMILES string of the molecule is COCCNC(=NCCCSC)NN. The van der Waals surface area contributed by atoms with Crippen molar-refractivity contribution in [3.05, 3.63) is 0 Å². The smallest absolute Gasteiger partial charge is 0.205 e. The predicted octanol–water partition coefficient (Wildman–Crippen LogP) is -0.205. The topological polar surface area (TPSA) is 71.7 Å². The van der Waals surface area contributed by atoms with Crippen LogP contribution >= 0.6 is 11.8 Å². The molecule has 0 spiro atoms. The fraction of sp³-hybridized carbons (Fsp3) is 0.875. The first-order chi connectivity index (χ1) is 6.85. The van der Waals surface area contributed by atoms with Gasteiger partial charge in [0.25, 0.3) is 0 Å². The molecule has 0 saturated carbocycles. The summed E-state index contributed by atoms with van der Waals surface area (Å²) in [6.45, 7) is 2.15. The van der Waals surface area contributed by atoms with Crippen LogP contribution in [0.15, 0.2) is 4.99 Å². The van der Waals surface area contributed by atoms with Crippen LogP contribution in [0.4, 0.5) is 0 Å². The zero-order valence-corrected chi connectivity index (χ0v) is 9.69.